The second-order valence-corrected chi connectivity index (χ2v) is 2.67. The van der Waals surface area contributed by atoms with Crippen molar-refractivity contribution in [3.05, 3.63) is 0 Å². The van der Waals surface area contributed by atoms with Gasteiger partial charge in [0.15, 0.2) is 0 Å². The van der Waals surface area contributed by atoms with Crippen LogP contribution in [0, 0.1) is 5.92 Å². The van der Waals surface area contributed by atoms with E-state index < -0.39 is 0 Å². The number of hydrogen-bond acceptors (Lipinski definition) is 2. The fourth-order valence-electron chi connectivity index (χ4n) is 1.31. The largest absolute Gasteiger partial charge is 0.327 e. The van der Waals surface area contributed by atoms with Crippen molar-refractivity contribution in [2.75, 3.05) is 0 Å². The van der Waals surface area contributed by atoms with E-state index >= 15 is 0 Å². The molecule has 0 aromatic rings. The van der Waals surface area contributed by atoms with E-state index in [1.54, 1.807) is 0 Å². The second kappa shape index (κ2) is 2.97. The molecule has 9 heavy (non-hydrogen) atoms. The molecule has 2 nitrogen and oxygen atoms in total. The second-order valence-electron chi connectivity index (χ2n) is 2.67. The molecule has 1 saturated carbocycles. The number of nitrogens with two attached hydrogens (primary N) is 1. The molecule has 0 saturated heterocycles. The third kappa shape index (κ3) is 1.52. The van der Waals surface area contributed by atoms with Gasteiger partial charge < -0.3 is 5.73 Å². The number of hydrogen-bond donors (Lipinski definition) is 1. The SMILES string of the molecule is N[C@H]1CCCC[C@H]1[C]=O. The highest BCUT2D eigenvalue weighted by atomic mass is 16.1. The Hall–Kier alpha value is -0.370. The molecule has 2 N–H and O–H groups in total. The van der Waals surface area contributed by atoms with Crippen LogP contribution in [0.4, 0.5) is 0 Å². The summed E-state index contributed by atoms with van der Waals surface area (Å²) in [5.41, 5.74) is 5.63. The molecule has 0 amide bonds. The highest BCUT2D eigenvalue weighted by Crippen LogP contribution is 2.20. The zero-order chi connectivity index (χ0) is 6.69. The third-order valence-electron chi connectivity index (χ3n) is 1.97. The van der Waals surface area contributed by atoms with Gasteiger partial charge in [-0.15, -0.1) is 0 Å². The molecule has 0 spiro atoms. The Morgan fingerprint density at radius 2 is 2.00 bits per heavy atom. The fraction of sp³-hybridized carbons (Fsp3) is 0.857. The van der Waals surface area contributed by atoms with Gasteiger partial charge in [-0.05, 0) is 12.8 Å². The van der Waals surface area contributed by atoms with Gasteiger partial charge in [0.1, 0.15) is 0 Å². The Morgan fingerprint density at radius 1 is 1.33 bits per heavy atom. The Morgan fingerprint density at radius 3 is 2.44 bits per heavy atom. The van der Waals surface area contributed by atoms with Crippen molar-refractivity contribution < 1.29 is 4.79 Å². The van der Waals surface area contributed by atoms with Gasteiger partial charge >= 0.3 is 0 Å². The highest BCUT2D eigenvalue weighted by Gasteiger charge is 2.21. The first-order chi connectivity index (χ1) is 4.34. The minimum atomic E-state index is 0.0266. The average molecular weight is 126 g/mol. The van der Waals surface area contributed by atoms with Crippen LogP contribution >= 0.6 is 0 Å². The predicted molar refractivity (Wildman–Crippen MR) is 35.6 cm³/mol. The van der Waals surface area contributed by atoms with Crippen molar-refractivity contribution in [1.82, 2.24) is 0 Å². The van der Waals surface area contributed by atoms with Crippen LogP contribution in [-0.4, -0.2) is 12.3 Å². The molecular formula is C7H12NO. The summed E-state index contributed by atoms with van der Waals surface area (Å²) in [6.07, 6.45) is 6.25. The van der Waals surface area contributed by atoms with Crippen molar-refractivity contribution in [1.29, 1.82) is 0 Å². The molecule has 1 aliphatic rings. The maximum atomic E-state index is 10.2. The summed E-state index contributed by atoms with van der Waals surface area (Å²) in [7, 11) is 0. The van der Waals surface area contributed by atoms with Crippen LogP contribution < -0.4 is 5.73 Å². The Balaban J connectivity index is 2.38. The first-order valence-electron chi connectivity index (χ1n) is 3.48. The van der Waals surface area contributed by atoms with E-state index in [0.29, 0.717) is 0 Å². The lowest BCUT2D eigenvalue weighted by Crippen LogP contribution is -2.33. The van der Waals surface area contributed by atoms with Gasteiger partial charge in [-0.1, -0.05) is 12.8 Å². The standard InChI is InChI=1S/C7H12NO/c8-7-4-2-1-3-6(7)5-9/h6-7H,1-4,8H2/t6-,7-/m0/s1. The molecule has 51 valence electrons. The maximum absolute atomic E-state index is 10.2. The minimum absolute atomic E-state index is 0.0266. The lowest BCUT2D eigenvalue weighted by molar-refractivity contribution is 0.365. The molecule has 0 aliphatic heterocycles. The Labute approximate surface area is 55.4 Å². The van der Waals surface area contributed by atoms with Gasteiger partial charge in [-0.2, -0.15) is 0 Å². The molecule has 2 atom stereocenters. The van der Waals surface area contributed by atoms with Crippen LogP contribution in [0.3, 0.4) is 0 Å². The Bertz CT molecular complexity index is 103. The molecule has 0 bridgehead atoms. The molecule has 0 aromatic heterocycles. The van der Waals surface area contributed by atoms with Gasteiger partial charge in [0.05, 0.1) is 0 Å². The summed E-state index contributed by atoms with van der Waals surface area (Å²) < 4.78 is 0. The summed E-state index contributed by atoms with van der Waals surface area (Å²) in [4.78, 5) is 10.2. The monoisotopic (exact) mass is 126 g/mol. The van der Waals surface area contributed by atoms with Gasteiger partial charge in [0.2, 0.25) is 6.29 Å². The van der Waals surface area contributed by atoms with Crippen molar-refractivity contribution >= 4 is 6.29 Å². The molecule has 1 radical (unpaired) electrons. The molecule has 0 aromatic carbocycles. The van der Waals surface area contributed by atoms with Crippen molar-refractivity contribution in [3.8, 4) is 0 Å². The fourth-order valence-corrected chi connectivity index (χ4v) is 1.31. The summed E-state index contributed by atoms with van der Waals surface area (Å²) in [5.74, 6) is 0.0266. The van der Waals surface area contributed by atoms with E-state index in [1.165, 1.54) is 6.42 Å². The zero-order valence-electron chi connectivity index (χ0n) is 5.47. The summed E-state index contributed by atoms with van der Waals surface area (Å²) in [5, 5.41) is 0. The number of carbonyl (C=O) groups excluding carboxylic acids is 1. The molecule has 2 heteroatoms. The molecular weight excluding hydrogens is 114 g/mol. The van der Waals surface area contributed by atoms with Crippen LogP contribution in [-0.2, 0) is 4.79 Å². The average Bonchev–Trinajstić information content (AvgIpc) is 1.89. The van der Waals surface area contributed by atoms with Crippen molar-refractivity contribution in [2.24, 2.45) is 11.7 Å². The lowest BCUT2D eigenvalue weighted by Gasteiger charge is -2.22. The highest BCUT2D eigenvalue weighted by molar-refractivity contribution is 5.55. The molecule has 0 unspecified atom stereocenters. The van der Waals surface area contributed by atoms with E-state index in [-0.39, 0.29) is 12.0 Å². The molecule has 1 fully saturated rings. The van der Waals surface area contributed by atoms with E-state index in [4.69, 9.17) is 5.73 Å². The third-order valence-corrected chi connectivity index (χ3v) is 1.97. The zero-order valence-corrected chi connectivity index (χ0v) is 5.47. The van der Waals surface area contributed by atoms with Gasteiger partial charge in [0.25, 0.3) is 0 Å². The van der Waals surface area contributed by atoms with E-state index in [2.05, 4.69) is 0 Å². The van der Waals surface area contributed by atoms with Crippen LogP contribution in [0.25, 0.3) is 0 Å². The topological polar surface area (TPSA) is 43.1 Å². The van der Waals surface area contributed by atoms with Gasteiger partial charge in [0, 0.05) is 12.0 Å². The Kier molecular flexibility index (Phi) is 2.22. The van der Waals surface area contributed by atoms with E-state index in [0.717, 1.165) is 19.3 Å². The van der Waals surface area contributed by atoms with Crippen molar-refractivity contribution in [2.45, 2.75) is 31.7 Å². The van der Waals surface area contributed by atoms with E-state index in [1.807, 2.05) is 6.29 Å². The van der Waals surface area contributed by atoms with Crippen LogP contribution in [0.1, 0.15) is 25.7 Å². The quantitative estimate of drug-likeness (QED) is 0.559. The summed E-state index contributed by atoms with van der Waals surface area (Å²) in [6.45, 7) is 0. The van der Waals surface area contributed by atoms with Crippen LogP contribution in [0.2, 0.25) is 0 Å². The predicted octanol–water partition coefficient (Wildman–Crippen LogP) is 0.614. The summed E-state index contributed by atoms with van der Waals surface area (Å²) in [6, 6.07) is 0.0937. The first-order valence-corrected chi connectivity index (χ1v) is 3.48. The molecule has 1 rings (SSSR count). The lowest BCUT2D eigenvalue weighted by atomic mass is 9.86. The normalized spacial score (nSPS) is 36.1. The molecule has 1 aliphatic carbocycles. The van der Waals surface area contributed by atoms with Crippen LogP contribution in [0.5, 0.6) is 0 Å². The maximum Gasteiger partial charge on any atom is 0.203 e. The number of rotatable bonds is 1. The smallest absolute Gasteiger partial charge is 0.203 e. The van der Waals surface area contributed by atoms with Crippen LogP contribution in [0.15, 0.2) is 0 Å². The van der Waals surface area contributed by atoms with Gasteiger partial charge in [-0.3, -0.25) is 4.79 Å². The van der Waals surface area contributed by atoms with Crippen molar-refractivity contribution in [3.63, 3.8) is 0 Å². The minimum Gasteiger partial charge on any atom is -0.327 e. The summed E-state index contributed by atoms with van der Waals surface area (Å²) >= 11 is 0. The van der Waals surface area contributed by atoms with E-state index in [9.17, 15) is 4.79 Å². The van der Waals surface area contributed by atoms with Gasteiger partial charge in [-0.25, -0.2) is 0 Å². The molecule has 0 heterocycles. The first kappa shape index (κ1) is 6.75.